The normalized spacial score (nSPS) is 23.3. The molecule has 31 heavy (non-hydrogen) atoms. The Labute approximate surface area is 191 Å². The summed E-state index contributed by atoms with van der Waals surface area (Å²) in [6.07, 6.45) is 6.88. The number of nitrogens with zero attached hydrogens (tertiary/aromatic N) is 1. The highest BCUT2D eigenvalue weighted by molar-refractivity contribution is 7.14. The SMILES string of the molecule is CCC(C)C#Cc1cc(C2=C(C3CCC(C)CC3)CN(CCO)CC2)c(C(=O)OC)s1. The van der Waals surface area contributed by atoms with Gasteiger partial charge >= 0.3 is 5.97 Å². The maximum Gasteiger partial charge on any atom is 0.348 e. The van der Waals surface area contributed by atoms with Crippen LogP contribution in [-0.2, 0) is 4.74 Å². The minimum Gasteiger partial charge on any atom is -0.465 e. The molecule has 4 nitrogen and oxygen atoms in total. The molecule has 1 aromatic rings. The fraction of sp³-hybridized carbons (Fsp3) is 0.654. The quantitative estimate of drug-likeness (QED) is 0.484. The fourth-order valence-electron chi connectivity index (χ4n) is 4.69. The van der Waals surface area contributed by atoms with E-state index in [2.05, 4.69) is 43.6 Å². The molecule has 3 rings (SSSR count). The molecule has 170 valence electrons. The van der Waals surface area contributed by atoms with E-state index in [0.717, 1.165) is 42.3 Å². The highest BCUT2D eigenvalue weighted by atomic mass is 32.1. The zero-order valence-corrected chi connectivity index (χ0v) is 20.3. The van der Waals surface area contributed by atoms with Crippen LogP contribution in [0.25, 0.3) is 5.57 Å². The van der Waals surface area contributed by atoms with E-state index in [1.165, 1.54) is 55.3 Å². The number of rotatable bonds is 6. The van der Waals surface area contributed by atoms with Gasteiger partial charge in [-0.1, -0.05) is 45.5 Å². The van der Waals surface area contributed by atoms with Crippen molar-refractivity contribution in [2.45, 2.75) is 59.3 Å². The Morgan fingerprint density at radius 1 is 1.35 bits per heavy atom. The molecule has 1 aliphatic heterocycles. The smallest absolute Gasteiger partial charge is 0.348 e. The number of hydrogen-bond donors (Lipinski definition) is 1. The Hall–Kier alpha value is -1.61. The van der Waals surface area contributed by atoms with Crippen molar-refractivity contribution < 1.29 is 14.6 Å². The Morgan fingerprint density at radius 3 is 2.74 bits per heavy atom. The third-order valence-electron chi connectivity index (χ3n) is 6.87. The molecule has 0 saturated heterocycles. The van der Waals surface area contributed by atoms with E-state index in [1.807, 2.05) is 0 Å². The molecule has 2 aliphatic rings. The Kier molecular flexibility index (Phi) is 8.77. The average Bonchev–Trinajstić information content (AvgIpc) is 3.21. The fourth-order valence-corrected chi connectivity index (χ4v) is 5.65. The van der Waals surface area contributed by atoms with Crippen LogP contribution in [0.2, 0.25) is 0 Å². The third kappa shape index (κ3) is 6.00. The van der Waals surface area contributed by atoms with Crippen molar-refractivity contribution in [3.8, 4) is 11.8 Å². The van der Waals surface area contributed by atoms with Gasteiger partial charge in [-0.15, -0.1) is 11.3 Å². The zero-order chi connectivity index (χ0) is 22.4. The lowest BCUT2D eigenvalue weighted by atomic mass is 9.75. The zero-order valence-electron chi connectivity index (χ0n) is 19.5. The first-order chi connectivity index (χ1) is 15.0. The van der Waals surface area contributed by atoms with Crippen LogP contribution in [0.15, 0.2) is 11.6 Å². The van der Waals surface area contributed by atoms with Crippen LogP contribution in [0.5, 0.6) is 0 Å². The van der Waals surface area contributed by atoms with Crippen LogP contribution in [0.4, 0.5) is 0 Å². The molecule has 0 bridgehead atoms. The first-order valence-corrected chi connectivity index (χ1v) is 12.6. The molecular weight excluding hydrogens is 406 g/mol. The summed E-state index contributed by atoms with van der Waals surface area (Å²) in [5.74, 6) is 8.04. The Morgan fingerprint density at radius 2 is 2.10 bits per heavy atom. The van der Waals surface area contributed by atoms with Crippen molar-refractivity contribution >= 4 is 22.9 Å². The number of methoxy groups -OCH3 is 1. The summed E-state index contributed by atoms with van der Waals surface area (Å²) in [5.41, 5.74) is 3.82. The van der Waals surface area contributed by atoms with Gasteiger partial charge in [0.2, 0.25) is 0 Å². The monoisotopic (exact) mass is 443 g/mol. The van der Waals surface area contributed by atoms with E-state index in [-0.39, 0.29) is 12.6 Å². The maximum absolute atomic E-state index is 12.7. The minimum atomic E-state index is -0.265. The second kappa shape index (κ2) is 11.3. The van der Waals surface area contributed by atoms with Gasteiger partial charge in [-0.3, -0.25) is 4.90 Å². The molecule has 1 fully saturated rings. The van der Waals surface area contributed by atoms with Crippen LogP contribution in [0.3, 0.4) is 0 Å². The van der Waals surface area contributed by atoms with Crippen molar-refractivity contribution in [3.05, 3.63) is 27.0 Å². The Balaban J connectivity index is 2.04. The average molecular weight is 444 g/mol. The van der Waals surface area contributed by atoms with Gasteiger partial charge in [0, 0.05) is 31.1 Å². The molecule has 1 saturated carbocycles. The molecule has 1 atom stereocenters. The number of thiophene rings is 1. The van der Waals surface area contributed by atoms with Gasteiger partial charge in [0.25, 0.3) is 0 Å². The summed E-state index contributed by atoms with van der Waals surface area (Å²) >= 11 is 1.46. The highest BCUT2D eigenvalue weighted by Crippen LogP contribution is 2.42. The standard InChI is InChI=1S/C26H37NO3S/c1-5-18(2)8-11-21-16-23(25(31-21)26(29)30-4)22-12-13-27(14-15-28)17-24(22)20-9-6-19(3)7-10-20/h16,18-20,28H,5-7,9-10,12-15,17H2,1-4H3. The van der Waals surface area contributed by atoms with E-state index in [4.69, 9.17) is 4.74 Å². The summed E-state index contributed by atoms with van der Waals surface area (Å²) in [5, 5.41) is 9.48. The van der Waals surface area contributed by atoms with E-state index in [0.29, 0.717) is 23.3 Å². The summed E-state index contributed by atoms with van der Waals surface area (Å²) in [4.78, 5) is 16.6. The minimum absolute atomic E-state index is 0.186. The number of esters is 1. The van der Waals surface area contributed by atoms with Crippen molar-refractivity contribution in [3.63, 3.8) is 0 Å². The van der Waals surface area contributed by atoms with Gasteiger partial charge in [0.15, 0.2) is 0 Å². The predicted octanol–water partition coefficient (Wildman–Crippen LogP) is 5.21. The van der Waals surface area contributed by atoms with Gasteiger partial charge in [-0.2, -0.15) is 0 Å². The topological polar surface area (TPSA) is 49.8 Å². The van der Waals surface area contributed by atoms with E-state index >= 15 is 0 Å². The molecule has 5 heteroatoms. The first kappa shape index (κ1) is 24.0. The molecule has 0 amide bonds. The number of ether oxygens (including phenoxy) is 1. The summed E-state index contributed by atoms with van der Waals surface area (Å²) in [6.45, 7) is 9.31. The van der Waals surface area contributed by atoms with E-state index in [1.54, 1.807) is 0 Å². The number of aliphatic hydroxyl groups excluding tert-OH is 1. The van der Waals surface area contributed by atoms with Crippen molar-refractivity contribution in [1.29, 1.82) is 0 Å². The van der Waals surface area contributed by atoms with E-state index in [9.17, 15) is 9.90 Å². The number of carbonyl (C=O) groups excluding carboxylic acids is 1. The molecular formula is C26H37NO3S. The second-order valence-corrected chi connectivity index (χ2v) is 10.2. The number of β-amino-alcohol motifs (C(OH)–C–C–N with tert-alkyl or cyclic N) is 1. The van der Waals surface area contributed by atoms with Crippen LogP contribution < -0.4 is 0 Å². The molecule has 1 aromatic heterocycles. The van der Waals surface area contributed by atoms with Gasteiger partial charge in [-0.25, -0.2) is 4.79 Å². The van der Waals surface area contributed by atoms with Gasteiger partial charge in [0.05, 0.1) is 18.6 Å². The number of aliphatic hydroxyl groups is 1. The third-order valence-corrected chi connectivity index (χ3v) is 7.90. The van der Waals surface area contributed by atoms with Crippen LogP contribution >= 0.6 is 11.3 Å². The Bertz CT molecular complexity index is 852. The molecule has 2 heterocycles. The lowest BCUT2D eigenvalue weighted by Crippen LogP contribution is -2.36. The lowest BCUT2D eigenvalue weighted by molar-refractivity contribution is 0.0606. The van der Waals surface area contributed by atoms with Crippen LogP contribution in [-0.4, -0.2) is 49.3 Å². The molecule has 0 radical (unpaired) electrons. The number of carbonyl (C=O) groups is 1. The predicted molar refractivity (Wildman–Crippen MR) is 128 cm³/mol. The number of hydrogen-bond acceptors (Lipinski definition) is 5. The van der Waals surface area contributed by atoms with Gasteiger partial charge in [-0.05, 0) is 54.7 Å². The highest BCUT2D eigenvalue weighted by Gasteiger charge is 2.31. The summed E-state index contributed by atoms with van der Waals surface area (Å²) < 4.78 is 5.14. The van der Waals surface area contributed by atoms with Crippen molar-refractivity contribution in [2.24, 2.45) is 17.8 Å². The van der Waals surface area contributed by atoms with E-state index < -0.39 is 0 Å². The first-order valence-electron chi connectivity index (χ1n) is 11.8. The molecule has 1 unspecified atom stereocenters. The molecule has 1 aliphatic carbocycles. The lowest BCUT2D eigenvalue weighted by Gasteiger charge is -2.37. The van der Waals surface area contributed by atoms with Crippen molar-refractivity contribution in [2.75, 3.05) is 33.4 Å². The molecule has 0 aromatic carbocycles. The van der Waals surface area contributed by atoms with Crippen LogP contribution in [0, 0.1) is 29.6 Å². The van der Waals surface area contributed by atoms with Gasteiger partial charge < -0.3 is 9.84 Å². The van der Waals surface area contributed by atoms with Crippen LogP contribution in [0.1, 0.15) is 79.4 Å². The largest absolute Gasteiger partial charge is 0.465 e. The van der Waals surface area contributed by atoms with Gasteiger partial charge in [0.1, 0.15) is 4.88 Å². The van der Waals surface area contributed by atoms with Crippen molar-refractivity contribution in [1.82, 2.24) is 4.90 Å². The molecule has 1 N–H and O–H groups in total. The maximum atomic E-state index is 12.7. The molecule has 0 spiro atoms. The summed E-state index contributed by atoms with van der Waals surface area (Å²) in [7, 11) is 1.46. The summed E-state index contributed by atoms with van der Waals surface area (Å²) in [6, 6.07) is 2.12. The second-order valence-electron chi connectivity index (χ2n) is 9.13.